The summed E-state index contributed by atoms with van der Waals surface area (Å²) in [5.41, 5.74) is 0.155. The second-order valence-electron chi connectivity index (χ2n) is 8.68. The molecule has 4 aliphatic carbocycles. The van der Waals surface area contributed by atoms with Crippen molar-refractivity contribution in [3.8, 4) is 0 Å². The number of rotatable bonds is 5. The van der Waals surface area contributed by atoms with Crippen molar-refractivity contribution >= 4 is 22.7 Å². The smallest absolute Gasteiger partial charge is 0.340 e. The number of hydrogen-bond donors (Lipinski definition) is 1. The fourth-order valence-electron chi connectivity index (χ4n) is 5.79. The second kappa shape index (κ2) is 7.04. The summed E-state index contributed by atoms with van der Waals surface area (Å²) in [5, 5.41) is 3.24. The Hall–Kier alpha value is -1.69. The quantitative estimate of drug-likeness (QED) is 0.786. The van der Waals surface area contributed by atoms with Crippen molar-refractivity contribution in [2.45, 2.75) is 62.0 Å². The molecule has 0 spiro atoms. The van der Waals surface area contributed by atoms with Crippen LogP contribution in [-0.4, -0.2) is 34.0 Å². The lowest BCUT2D eigenvalue weighted by molar-refractivity contribution is -0.134. The number of hydrogen-bond acceptors (Lipinski definition) is 4. The van der Waals surface area contributed by atoms with Gasteiger partial charge < -0.3 is 10.1 Å². The second-order valence-corrected chi connectivity index (χ2v) is 10.0. The molecule has 0 saturated heterocycles. The maximum Gasteiger partial charge on any atom is 0.340 e. The van der Waals surface area contributed by atoms with Crippen LogP contribution in [0.25, 0.3) is 0 Å². The van der Waals surface area contributed by atoms with E-state index in [-0.39, 0.29) is 17.0 Å². The Morgan fingerprint density at radius 1 is 1.11 bits per heavy atom. The van der Waals surface area contributed by atoms with E-state index in [0.29, 0.717) is 4.90 Å². The number of amides is 1. The Kier molecular flexibility index (Phi) is 4.87. The van der Waals surface area contributed by atoms with E-state index >= 15 is 0 Å². The van der Waals surface area contributed by atoms with E-state index < -0.39 is 22.9 Å². The van der Waals surface area contributed by atoms with E-state index in [0.717, 1.165) is 37.0 Å². The van der Waals surface area contributed by atoms with Crippen LogP contribution < -0.4 is 5.32 Å². The number of benzene rings is 1. The monoisotopic (exact) mass is 389 g/mol. The summed E-state index contributed by atoms with van der Waals surface area (Å²) < 4.78 is 17.2. The first-order valence-electron chi connectivity index (χ1n) is 9.81. The molecule has 5 nitrogen and oxygen atoms in total. The van der Waals surface area contributed by atoms with Crippen molar-refractivity contribution in [1.29, 1.82) is 0 Å². The summed E-state index contributed by atoms with van der Waals surface area (Å²) in [4.78, 5) is 25.7. The fraction of sp³-hybridized carbons (Fsp3) is 0.619. The van der Waals surface area contributed by atoms with Gasteiger partial charge in [-0.05, 0) is 75.3 Å². The summed E-state index contributed by atoms with van der Waals surface area (Å²) in [7, 11) is -1.30. The lowest BCUT2D eigenvalue weighted by atomic mass is 9.53. The average Bonchev–Trinajstić information content (AvgIpc) is 2.59. The third kappa shape index (κ3) is 3.68. The number of nitrogens with one attached hydrogen (secondary N) is 1. The van der Waals surface area contributed by atoms with Crippen LogP contribution in [0.2, 0.25) is 0 Å². The molecular weight excluding hydrogens is 362 g/mol. The predicted octanol–water partition coefficient (Wildman–Crippen LogP) is 3.05. The van der Waals surface area contributed by atoms with Gasteiger partial charge in [-0.15, -0.1) is 0 Å². The van der Waals surface area contributed by atoms with Gasteiger partial charge in [0.1, 0.15) is 0 Å². The molecule has 4 bridgehead atoms. The molecule has 5 rings (SSSR count). The summed E-state index contributed by atoms with van der Waals surface area (Å²) in [6, 6.07) is 6.67. The first-order valence-corrected chi connectivity index (χ1v) is 11.4. The molecule has 0 unspecified atom stereocenters. The zero-order chi connectivity index (χ0) is 19.2. The topological polar surface area (TPSA) is 72.5 Å². The van der Waals surface area contributed by atoms with Crippen LogP contribution in [0.15, 0.2) is 29.2 Å². The van der Waals surface area contributed by atoms with E-state index in [1.165, 1.54) is 25.5 Å². The van der Waals surface area contributed by atoms with E-state index in [1.807, 2.05) is 0 Å². The van der Waals surface area contributed by atoms with Gasteiger partial charge in [0.2, 0.25) is 0 Å². The Morgan fingerprint density at radius 2 is 1.67 bits per heavy atom. The van der Waals surface area contributed by atoms with Gasteiger partial charge in [0.05, 0.1) is 21.3 Å². The fourth-order valence-corrected chi connectivity index (χ4v) is 6.52. The minimum absolute atomic E-state index is 0.102. The van der Waals surface area contributed by atoms with Crippen LogP contribution in [0, 0.1) is 17.8 Å². The normalized spacial score (nSPS) is 33.3. The Morgan fingerprint density at radius 3 is 2.22 bits per heavy atom. The van der Waals surface area contributed by atoms with E-state index in [9.17, 15) is 13.8 Å². The van der Waals surface area contributed by atoms with E-state index in [1.54, 1.807) is 31.2 Å². The first-order chi connectivity index (χ1) is 12.8. The number of ether oxygens (including phenoxy) is 1. The first kappa shape index (κ1) is 18.7. The Labute approximate surface area is 162 Å². The Balaban J connectivity index is 1.42. The van der Waals surface area contributed by atoms with E-state index in [4.69, 9.17) is 4.74 Å². The molecule has 0 heterocycles. The van der Waals surface area contributed by atoms with Gasteiger partial charge in [0.15, 0.2) is 6.10 Å². The predicted molar refractivity (Wildman–Crippen MR) is 103 cm³/mol. The maximum absolute atomic E-state index is 12.8. The molecule has 0 aromatic heterocycles. The average molecular weight is 390 g/mol. The molecule has 1 aromatic rings. The van der Waals surface area contributed by atoms with Crippen molar-refractivity contribution < 1.29 is 18.5 Å². The molecule has 4 saturated carbocycles. The summed E-state index contributed by atoms with van der Waals surface area (Å²) >= 11 is 0. The van der Waals surface area contributed by atoms with Crippen molar-refractivity contribution in [1.82, 2.24) is 5.32 Å². The zero-order valence-electron chi connectivity index (χ0n) is 15.9. The van der Waals surface area contributed by atoms with Gasteiger partial charge in [-0.2, -0.15) is 0 Å². The minimum atomic E-state index is -1.30. The van der Waals surface area contributed by atoms with Crippen LogP contribution in [0.5, 0.6) is 0 Å². The highest BCUT2D eigenvalue weighted by Gasteiger charge is 2.51. The maximum atomic E-state index is 12.8. The lowest BCUT2D eigenvalue weighted by Gasteiger charge is -2.57. The van der Waals surface area contributed by atoms with Gasteiger partial charge >= 0.3 is 5.97 Å². The highest BCUT2D eigenvalue weighted by atomic mass is 32.2. The molecular formula is C21H27NO4S. The molecule has 146 valence electrons. The summed E-state index contributed by atoms with van der Waals surface area (Å²) in [6.07, 6.45) is 7.76. The van der Waals surface area contributed by atoms with Crippen LogP contribution in [-0.2, 0) is 20.3 Å². The van der Waals surface area contributed by atoms with Crippen LogP contribution >= 0.6 is 0 Å². The van der Waals surface area contributed by atoms with Crippen molar-refractivity contribution in [2.24, 2.45) is 17.8 Å². The number of carbonyl (C=O) groups excluding carboxylic acids is 2. The van der Waals surface area contributed by atoms with Gasteiger partial charge in [-0.3, -0.25) is 9.00 Å². The van der Waals surface area contributed by atoms with Crippen molar-refractivity contribution in [3.05, 3.63) is 29.8 Å². The van der Waals surface area contributed by atoms with Crippen LogP contribution in [0.3, 0.4) is 0 Å². The van der Waals surface area contributed by atoms with Gasteiger partial charge in [0, 0.05) is 11.8 Å². The molecule has 1 aromatic carbocycles. The molecule has 2 atom stereocenters. The number of carbonyl (C=O) groups is 2. The summed E-state index contributed by atoms with van der Waals surface area (Å²) in [6.45, 7) is 1.61. The van der Waals surface area contributed by atoms with Gasteiger partial charge in [0.25, 0.3) is 5.91 Å². The Bertz CT molecular complexity index is 755. The zero-order valence-corrected chi connectivity index (χ0v) is 16.7. The number of esters is 1. The molecule has 4 fully saturated rings. The third-order valence-corrected chi connectivity index (χ3v) is 7.47. The largest absolute Gasteiger partial charge is 0.449 e. The molecule has 0 radical (unpaired) electrons. The molecule has 27 heavy (non-hydrogen) atoms. The summed E-state index contributed by atoms with van der Waals surface area (Å²) in [5.74, 6) is 1.39. The molecule has 1 N–H and O–H groups in total. The molecule has 6 heteroatoms. The molecule has 0 aliphatic heterocycles. The van der Waals surface area contributed by atoms with E-state index in [2.05, 4.69) is 5.32 Å². The SMILES string of the molecule is C[C@@H](OC(=O)c1ccccc1[S@](C)=O)C(=O)NC12CC3CC(CC(C3)C1)C2. The van der Waals surface area contributed by atoms with Crippen molar-refractivity contribution in [2.75, 3.05) is 6.26 Å². The van der Waals surface area contributed by atoms with Crippen LogP contribution in [0.4, 0.5) is 0 Å². The standard InChI is InChI=1S/C21H27NO4S/c1-13(26-20(24)17-5-3-4-6-18(17)27(2)25)19(23)22-21-10-14-7-15(11-21)9-16(8-14)12-21/h3-6,13-16H,7-12H2,1-2H3,(H,22,23)/t13-,14?,15?,16?,21?,27+/m1/s1. The highest BCUT2D eigenvalue weighted by Crippen LogP contribution is 2.55. The third-order valence-electron chi connectivity index (χ3n) is 6.50. The lowest BCUT2D eigenvalue weighted by Crippen LogP contribution is -2.61. The molecule has 1 amide bonds. The van der Waals surface area contributed by atoms with Gasteiger partial charge in [-0.25, -0.2) is 4.79 Å². The van der Waals surface area contributed by atoms with Crippen molar-refractivity contribution in [3.63, 3.8) is 0 Å². The highest BCUT2D eigenvalue weighted by molar-refractivity contribution is 7.84. The molecule has 4 aliphatic rings. The van der Waals surface area contributed by atoms with Crippen LogP contribution in [0.1, 0.15) is 55.8 Å². The minimum Gasteiger partial charge on any atom is -0.449 e. The van der Waals surface area contributed by atoms with Gasteiger partial charge in [-0.1, -0.05) is 12.1 Å².